The molecule has 0 spiro atoms. The SMILES string of the molecule is CC(C)CN=C(N)NCC1CC1c1ccccc1.I. The van der Waals surface area contributed by atoms with E-state index < -0.39 is 0 Å². The number of nitrogens with two attached hydrogens (primary N) is 1. The number of nitrogens with one attached hydrogen (secondary N) is 1. The highest BCUT2D eigenvalue weighted by molar-refractivity contribution is 14.0. The van der Waals surface area contributed by atoms with Crippen LogP contribution in [0.4, 0.5) is 0 Å². The van der Waals surface area contributed by atoms with E-state index in [1.807, 2.05) is 0 Å². The highest BCUT2D eigenvalue weighted by Gasteiger charge is 2.37. The number of guanidine groups is 1. The second-order valence-corrected chi connectivity index (χ2v) is 5.51. The lowest BCUT2D eigenvalue weighted by molar-refractivity contribution is 0.658. The molecular formula is C15H24IN3. The van der Waals surface area contributed by atoms with Gasteiger partial charge in [-0.3, -0.25) is 4.99 Å². The van der Waals surface area contributed by atoms with Crippen molar-refractivity contribution >= 4 is 29.9 Å². The van der Waals surface area contributed by atoms with Crippen LogP contribution in [-0.4, -0.2) is 19.0 Å². The third-order valence-corrected chi connectivity index (χ3v) is 3.32. The second kappa shape index (κ2) is 7.72. The summed E-state index contributed by atoms with van der Waals surface area (Å²) in [6, 6.07) is 10.7. The number of hydrogen-bond donors (Lipinski definition) is 2. The number of aliphatic imine (C=N–C) groups is 1. The van der Waals surface area contributed by atoms with Crippen molar-refractivity contribution in [2.24, 2.45) is 22.6 Å². The second-order valence-electron chi connectivity index (χ2n) is 5.51. The molecule has 3 N–H and O–H groups in total. The third kappa shape index (κ3) is 5.38. The minimum absolute atomic E-state index is 0. The molecule has 0 amide bonds. The van der Waals surface area contributed by atoms with E-state index in [9.17, 15) is 0 Å². The number of halogens is 1. The minimum atomic E-state index is 0. The van der Waals surface area contributed by atoms with Crippen molar-refractivity contribution in [2.75, 3.05) is 13.1 Å². The van der Waals surface area contributed by atoms with Crippen molar-refractivity contribution in [3.05, 3.63) is 35.9 Å². The quantitative estimate of drug-likeness (QED) is 0.474. The minimum Gasteiger partial charge on any atom is -0.370 e. The first-order valence-electron chi connectivity index (χ1n) is 6.75. The molecule has 0 bridgehead atoms. The zero-order valence-electron chi connectivity index (χ0n) is 11.7. The van der Waals surface area contributed by atoms with Gasteiger partial charge in [0, 0.05) is 13.1 Å². The number of hydrogen-bond acceptors (Lipinski definition) is 1. The van der Waals surface area contributed by atoms with Crippen LogP contribution in [0.3, 0.4) is 0 Å². The summed E-state index contributed by atoms with van der Waals surface area (Å²) in [6.45, 7) is 6.02. The number of nitrogens with zero attached hydrogens (tertiary/aromatic N) is 1. The van der Waals surface area contributed by atoms with Crippen LogP contribution in [0.1, 0.15) is 31.7 Å². The molecular weight excluding hydrogens is 349 g/mol. The van der Waals surface area contributed by atoms with Crippen LogP contribution in [0.25, 0.3) is 0 Å². The topological polar surface area (TPSA) is 50.4 Å². The van der Waals surface area contributed by atoms with Crippen LogP contribution in [0.15, 0.2) is 35.3 Å². The molecule has 3 nitrogen and oxygen atoms in total. The largest absolute Gasteiger partial charge is 0.370 e. The van der Waals surface area contributed by atoms with Gasteiger partial charge in [0.15, 0.2) is 5.96 Å². The van der Waals surface area contributed by atoms with Crippen LogP contribution in [0, 0.1) is 11.8 Å². The molecule has 0 heterocycles. The maximum absolute atomic E-state index is 5.82. The van der Waals surface area contributed by atoms with Gasteiger partial charge in [-0.15, -0.1) is 24.0 Å². The van der Waals surface area contributed by atoms with Gasteiger partial charge in [-0.2, -0.15) is 0 Å². The van der Waals surface area contributed by atoms with Crippen molar-refractivity contribution in [2.45, 2.75) is 26.2 Å². The Balaban J connectivity index is 0.00000180. The van der Waals surface area contributed by atoms with E-state index in [4.69, 9.17) is 5.73 Å². The number of benzene rings is 1. The maximum Gasteiger partial charge on any atom is 0.188 e. The van der Waals surface area contributed by atoms with Crippen molar-refractivity contribution in [1.29, 1.82) is 0 Å². The standard InChI is InChI=1S/C15H23N3.HI/c1-11(2)9-17-15(16)18-10-13-8-14(13)12-6-4-3-5-7-12;/h3-7,11,13-14H,8-10H2,1-2H3,(H3,16,17,18);1H. The Morgan fingerprint density at radius 2 is 2.05 bits per heavy atom. The van der Waals surface area contributed by atoms with Gasteiger partial charge in [0.25, 0.3) is 0 Å². The van der Waals surface area contributed by atoms with E-state index in [0.29, 0.717) is 23.7 Å². The fourth-order valence-electron chi connectivity index (χ4n) is 2.15. The van der Waals surface area contributed by atoms with Gasteiger partial charge >= 0.3 is 0 Å². The molecule has 19 heavy (non-hydrogen) atoms. The molecule has 1 aromatic carbocycles. The fraction of sp³-hybridized carbons (Fsp3) is 0.533. The van der Waals surface area contributed by atoms with E-state index in [1.165, 1.54) is 12.0 Å². The van der Waals surface area contributed by atoms with E-state index in [2.05, 4.69) is 54.5 Å². The van der Waals surface area contributed by atoms with Crippen LogP contribution < -0.4 is 11.1 Å². The maximum atomic E-state index is 5.82. The van der Waals surface area contributed by atoms with Gasteiger partial charge < -0.3 is 11.1 Å². The Hall–Kier alpha value is -0.780. The van der Waals surface area contributed by atoms with Gasteiger partial charge in [0.05, 0.1) is 0 Å². The molecule has 1 saturated carbocycles. The summed E-state index contributed by atoms with van der Waals surface area (Å²) in [7, 11) is 0. The first-order valence-corrected chi connectivity index (χ1v) is 6.75. The Kier molecular flexibility index (Phi) is 6.62. The molecule has 2 unspecified atom stereocenters. The van der Waals surface area contributed by atoms with Crippen LogP contribution in [0.5, 0.6) is 0 Å². The zero-order valence-corrected chi connectivity index (χ0v) is 14.0. The third-order valence-electron chi connectivity index (χ3n) is 3.32. The van der Waals surface area contributed by atoms with Crippen molar-refractivity contribution in [3.63, 3.8) is 0 Å². The highest BCUT2D eigenvalue weighted by Crippen LogP contribution is 2.46. The monoisotopic (exact) mass is 373 g/mol. The summed E-state index contributed by atoms with van der Waals surface area (Å²) in [5.74, 6) is 2.56. The highest BCUT2D eigenvalue weighted by atomic mass is 127. The van der Waals surface area contributed by atoms with E-state index in [1.54, 1.807) is 0 Å². The predicted molar refractivity (Wildman–Crippen MR) is 92.0 cm³/mol. The summed E-state index contributed by atoms with van der Waals surface area (Å²) < 4.78 is 0. The Labute approximate surface area is 133 Å². The molecule has 0 aliphatic heterocycles. The normalized spacial score (nSPS) is 21.9. The van der Waals surface area contributed by atoms with E-state index >= 15 is 0 Å². The van der Waals surface area contributed by atoms with Gasteiger partial charge in [-0.25, -0.2) is 0 Å². The molecule has 0 radical (unpaired) electrons. The average Bonchev–Trinajstić information content (AvgIpc) is 3.14. The Morgan fingerprint density at radius 3 is 2.68 bits per heavy atom. The molecule has 0 aromatic heterocycles. The molecule has 0 saturated heterocycles. The lowest BCUT2D eigenvalue weighted by Gasteiger charge is -2.06. The van der Waals surface area contributed by atoms with Crippen molar-refractivity contribution in [1.82, 2.24) is 5.32 Å². The number of rotatable bonds is 5. The molecule has 106 valence electrons. The van der Waals surface area contributed by atoms with Crippen molar-refractivity contribution < 1.29 is 0 Å². The summed E-state index contributed by atoms with van der Waals surface area (Å²) in [4.78, 5) is 4.30. The van der Waals surface area contributed by atoms with Crippen LogP contribution in [0.2, 0.25) is 0 Å². The summed E-state index contributed by atoms with van der Waals surface area (Å²) >= 11 is 0. The smallest absolute Gasteiger partial charge is 0.188 e. The average molecular weight is 373 g/mol. The van der Waals surface area contributed by atoms with Gasteiger partial charge in [0.2, 0.25) is 0 Å². The summed E-state index contributed by atoms with van der Waals surface area (Å²) in [5.41, 5.74) is 7.27. The molecule has 2 rings (SSSR count). The van der Waals surface area contributed by atoms with Crippen LogP contribution in [-0.2, 0) is 0 Å². The van der Waals surface area contributed by atoms with E-state index in [-0.39, 0.29) is 24.0 Å². The predicted octanol–water partition coefficient (Wildman–Crippen LogP) is 2.97. The van der Waals surface area contributed by atoms with E-state index in [0.717, 1.165) is 13.1 Å². The first-order chi connectivity index (χ1) is 8.66. The lowest BCUT2D eigenvalue weighted by Crippen LogP contribution is -2.33. The molecule has 1 aliphatic carbocycles. The zero-order chi connectivity index (χ0) is 13.0. The first kappa shape index (κ1) is 16.3. The Morgan fingerprint density at radius 1 is 1.37 bits per heavy atom. The van der Waals surface area contributed by atoms with Gasteiger partial charge in [-0.05, 0) is 29.7 Å². The molecule has 4 heteroatoms. The van der Waals surface area contributed by atoms with Crippen LogP contribution >= 0.6 is 24.0 Å². The summed E-state index contributed by atoms with van der Waals surface area (Å²) in [5, 5.41) is 3.23. The van der Waals surface area contributed by atoms with Crippen molar-refractivity contribution in [3.8, 4) is 0 Å². The van der Waals surface area contributed by atoms with Gasteiger partial charge in [0.1, 0.15) is 0 Å². The fourth-order valence-corrected chi connectivity index (χ4v) is 2.15. The molecule has 1 aliphatic rings. The molecule has 2 atom stereocenters. The molecule has 1 fully saturated rings. The lowest BCUT2D eigenvalue weighted by atomic mass is 10.1. The van der Waals surface area contributed by atoms with Gasteiger partial charge in [-0.1, -0.05) is 44.2 Å². The Bertz CT molecular complexity index is 403. The molecule has 1 aromatic rings. The summed E-state index contributed by atoms with van der Waals surface area (Å²) in [6.07, 6.45) is 1.26.